The maximum absolute atomic E-state index is 13.6. The third kappa shape index (κ3) is 6.02. The van der Waals surface area contributed by atoms with E-state index in [2.05, 4.69) is 36.3 Å². The number of fused-ring (bicyclic) bond motifs is 4. The minimum absolute atomic E-state index is 0.0265. The van der Waals surface area contributed by atoms with E-state index < -0.39 is 0 Å². The van der Waals surface area contributed by atoms with Gasteiger partial charge >= 0.3 is 0 Å². The second-order valence-electron chi connectivity index (χ2n) is 13.0. The molecule has 2 amide bonds. The molecule has 226 valence electrons. The van der Waals surface area contributed by atoms with Crippen molar-refractivity contribution in [3.63, 3.8) is 0 Å². The van der Waals surface area contributed by atoms with Gasteiger partial charge in [-0.1, -0.05) is 56.6 Å². The summed E-state index contributed by atoms with van der Waals surface area (Å²) in [5.74, 6) is -0.0536. The van der Waals surface area contributed by atoms with Crippen molar-refractivity contribution in [2.75, 3.05) is 28.6 Å². The number of amides is 2. The average molecular weight is 609 g/mol. The van der Waals surface area contributed by atoms with Crippen LogP contribution in [0, 0.1) is 12.8 Å². The lowest BCUT2D eigenvalue weighted by Gasteiger charge is -2.44. The van der Waals surface area contributed by atoms with E-state index in [-0.39, 0.29) is 28.7 Å². The number of rotatable bonds is 5. The molecule has 6 rings (SSSR count). The maximum atomic E-state index is 13.6. The molecule has 2 bridgehead atoms. The monoisotopic (exact) mass is 608 g/mol. The van der Waals surface area contributed by atoms with Gasteiger partial charge in [-0.05, 0) is 84.3 Å². The van der Waals surface area contributed by atoms with Gasteiger partial charge in [-0.3, -0.25) is 14.4 Å². The predicted octanol–water partition coefficient (Wildman–Crippen LogP) is 7.24. The van der Waals surface area contributed by atoms with Crippen molar-refractivity contribution in [3.05, 3.63) is 122 Å². The predicted molar refractivity (Wildman–Crippen MR) is 177 cm³/mol. The number of piperidine rings is 1. The first-order valence-electron chi connectivity index (χ1n) is 15.0. The molecule has 3 aromatic carbocycles. The zero-order valence-electron chi connectivity index (χ0n) is 25.5. The van der Waals surface area contributed by atoms with Gasteiger partial charge in [-0.15, -0.1) is 0 Å². The van der Waals surface area contributed by atoms with E-state index in [9.17, 15) is 14.4 Å². The minimum Gasteiger partial charge on any atom is -0.369 e. The van der Waals surface area contributed by atoms with Crippen LogP contribution in [0.1, 0.15) is 70.6 Å². The molecule has 3 heterocycles. The summed E-state index contributed by atoms with van der Waals surface area (Å²) in [7, 11) is 0. The number of halogens is 1. The maximum Gasteiger partial charge on any atom is 0.255 e. The summed E-state index contributed by atoms with van der Waals surface area (Å²) < 4.78 is 1.91. The van der Waals surface area contributed by atoms with Gasteiger partial charge in [0.15, 0.2) is 0 Å². The molecule has 2 N–H and O–H groups in total. The van der Waals surface area contributed by atoms with Gasteiger partial charge in [-0.2, -0.15) is 0 Å². The Bertz CT molecular complexity index is 1810. The van der Waals surface area contributed by atoms with Crippen LogP contribution in [-0.4, -0.2) is 29.5 Å². The molecular weight excluding hydrogens is 572 g/mol. The Labute approximate surface area is 262 Å². The van der Waals surface area contributed by atoms with E-state index in [1.165, 1.54) is 0 Å². The number of nitrogens with one attached hydrogen (secondary N) is 2. The number of carbonyl (C=O) groups is 2. The highest BCUT2D eigenvalue weighted by atomic mass is 35.5. The smallest absolute Gasteiger partial charge is 0.255 e. The highest BCUT2D eigenvalue weighted by Crippen LogP contribution is 2.39. The molecule has 1 aromatic heterocycles. The fourth-order valence-electron chi connectivity index (χ4n) is 6.39. The standard InChI is InChI=1S/C36H37ClN4O3/c1-22-8-14-28(37)18-29(22)38-35(44)25-11-15-32(30(17-25)39-34(43)24-9-12-27(13-10-24)36(2,3)4)40-19-23-16-26(21-40)31-6-5-7-33(42)41(31)20-23/h5-15,17-18,23,26H,16,19-21H2,1-4H3,(H,38,44)(H,39,43)/t23-,26+/m1/s1. The quantitative estimate of drug-likeness (QED) is 0.250. The molecule has 0 saturated carbocycles. The van der Waals surface area contributed by atoms with Crippen molar-refractivity contribution in [1.82, 2.24) is 4.57 Å². The SMILES string of the molecule is Cc1ccc(Cl)cc1NC(=O)c1ccc(N2C[C@H]3C[C@@H](C2)c2cccc(=O)n2C3)c(NC(=O)c2ccc(C(C)(C)C)cc2)c1. The highest BCUT2D eigenvalue weighted by molar-refractivity contribution is 6.31. The number of pyridine rings is 1. The first-order chi connectivity index (χ1) is 21.0. The first-order valence-corrected chi connectivity index (χ1v) is 15.4. The number of aromatic nitrogens is 1. The van der Waals surface area contributed by atoms with E-state index in [0.29, 0.717) is 46.5 Å². The van der Waals surface area contributed by atoms with Crippen molar-refractivity contribution >= 4 is 40.5 Å². The molecule has 0 spiro atoms. The molecular formula is C36H37ClN4O3. The normalized spacial score (nSPS) is 17.5. The number of hydrogen-bond acceptors (Lipinski definition) is 4. The summed E-state index contributed by atoms with van der Waals surface area (Å²) in [5.41, 5.74) is 6.11. The number of hydrogen-bond donors (Lipinski definition) is 2. The van der Waals surface area contributed by atoms with Gasteiger partial charge in [-0.25, -0.2) is 0 Å². The Morgan fingerprint density at radius 2 is 1.52 bits per heavy atom. The van der Waals surface area contributed by atoms with E-state index in [4.69, 9.17) is 11.6 Å². The van der Waals surface area contributed by atoms with Crippen LogP contribution in [0.4, 0.5) is 17.1 Å². The molecule has 0 aliphatic carbocycles. The van der Waals surface area contributed by atoms with Gasteiger partial charge < -0.3 is 20.1 Å². The summed E-state index contributed by atoms with van der Waals surface area (Å²) in [6.45, 7) is 10.4. The fraction of sp³-hybridized carbons (Fsp3) is 0.306. The summed E-state index contributed by atoms with van der Waals surface area (Å²) in [5, 5.41) is 6.62. The van der Waals surface area contributed by atoms with Gasteiger partial charge in [0, 0.05) is 59.1 Å². The fourth-order valence-corrected chi connectivity index (χ4v) is 6.56. The lowest BCUT2D eigenvalue weighted by Crippen LogP contribution is -2.47. The van der Waals surface area contributed by atoms with Gasteiger partial charge in [0.25, 0.3) is 17.4 Å². The Balaban J connectivity index is 1.33. The van der Waals surface area contributed by atoms with E-state index in [0.717, 1.165) is 35.5 Å². The van der Waals surface area contributed by atoms with Crippen LogP contribution in [0.2, 0.25) is 5.02 Å². The van der Waals surface area contributed by atoms with Crippen molar-refractivity contribution in [2.24, 2.45) is 5.92 Å². The number of benzene rings is 3. The third-order valence-electron chi connectivity index (χ3n) is 8.79. The highest BCUT2D eigenvalue weighted by Gasteiger charge is 2.35. The molecule has 0 unspecified atom stereocenters. The molecule has 1 fully saturated rings. The lowest BCUT2D eigenvalue weighted by molar-refractivity contribution is 0.101. The number of aryl methyl sites for hydroxylation is 1. The van der Waals surface area contributed by atoms with Crippen molar-refractivity contribution in [2.45, 2.75) is 52.0 Å². The Morgan fingerprint density at radius 3 is 2.27 bits per heavy atom. The number of nitrogens with zero attached hydrogens (tertiary/aromatic N) is 2. The van der Waals surface area contributed by atoms with Crippen LogP contribution >= 0.6 is 11.6 Å². The molecule has 8 heteroatoms. The van der Waals surface area contributed by atoms with E-state index >= 15 is 0 Å². The zero-order chi connectivity index (χ0) is 31.2. The Kier molecular flexibility index (Phi) is 7.84. The first kappa shape index (κ1) is 29.7. The summed E-state index contributed by atoms with van der Waals surface area (Å²) in [6, 6.07) is 24.0. The van der Waals surface area contributed by atoms with Crippen LogP contribution in [0.15, 0.2) is 83.7 Å². The number of anilines is 3. The summed E-state index contributed by atoms with van der Waals surface area (Å²) >= 11 is 6.19. The topological polar surface area (TPSA) is 83.4 Å². The zero-order valence-corrected chi connectivity index (χ0v) is 26.2. The molecule has 7 nitrogen and oxygen atoms in total. The van der Waals surface area contributed by atoms with E-state index in [1.807, 2.05) is 60.0 Å². The van der Waals surface area contributed by atoms with Crippen LogP contribution in [-0.2, 0) is 12.0 Å². The molecule has 2 atom stereocenters. The molecule has 44 heavy (non-hydrogen) atoms. The lowest BCUT2D eigenvalue weighted by atomic mass is 9.83. The van der Waals surface area contributed by atoms with Crippen LogP contribution < -0.4 is 21.1 Å². The largest absolute Gasteiger partial charge is 0.369 e. The molecule has 2 aliphatic heterocycles. The summed E-state index contributed by atoms with van der Waals surface area (Å²) in [4.78, 5) is 41.8. The second kappa shape index (κ2) is 11.6. The minimum atomic E-state index is -0.296. The van der Waals surface area contributed by atoms with Gasteiger partial charge in [0.05, 0.1) is 11.4 Å². The van der Waals surface area contributed by atoms with Crippen LogP contribution in [0.3, 0.4) is 0 Å². The second-order valence-corrected chi connectivity index (χ2v) is 13.5. The van der Waals surface area contributed by atoms with Crippen molar-refractivity contribution < 1.29 is 9.59 Å². The third-order valence-corrected chi connectivity index (χ3v) is 9.02. The Morgan fingerprint density at radius 1 is 0.818 bits per heavy atom. The molecule has 4 aromatic rings. The van der Waals surface area contributed by atoms with Gasteiger partial charge in [0.2, 0.25) is 0 Å². The number of carbonyl (C=O) groups excluding carboxylic acids is 2. The van der Waals surface area contributed by atoms with Crippen molar-refractivity contribution in [1.29, 1.82) is 0 Å². The van der Waals surface area contributed by atoms with Crippen molar-refractivity contribution in [3.8, 4) is 0 Å². The summed E-state index contributed by atoms with van der Waals surface area (Å²) in [6.07, 6.45) is 1.02. The average Bonchev–Trinajstić information content (AvgIpc) is 2.99. The molecule has 0 radical (unpaired) electrons. The molecule has 2 aliphatic rings. The van der Waals surface area contributed by atoms with Crippen LogP contribution in [0.5, 0.6) is 0 Å². The van der Waals surface area contributed by atoms with E-state index in [1.54, 1.807) is 30.3 Å². The molecule has 1 saturated heterocycles. The Hall–Kier alpha value is -4.36. The van der Waals surface area contributed by atoms with Crippen LogP contribution in [0.25, 0.3) is 0 Å². The van der Waals surface area contributed by atoms with Gasteiger partial charge in [0.1, 0.15) is 0 Å².